The second kappa shape index (κ2) is 7.37. The van der Waals surface area contributed by atoms with Crippen molar-refractivity contribution in [1.29, 1.82) is 0 Å². The number of rotatable bonds is 6. The van der Waals surface area contributed by atoms with E-state index in [0.717, 1.165) is 25.9 Å². The Morgan fingerprint density at radius 1 is 1.62 bits per heavy atom. The van der Waals surface area contributed by atoms with Crippen LogP contribution in [0.1, 0.15) is 47.7 Å². The normalized spacial score (nSPS) is 19.2. The highest BCUT2D eigenvalue weighted by Crippen LogP contribution is 2.18. The minimum atomic E-state index is -1.06. The zero-order valence-electron chi connectivity index (χ0n) is 11.8. The molecule has 1 aromatic rings. The molecule has 1 aliphatic rings. The lowest BCUT2D eigenvalue weighted by atomic mass is 10.2. The van der Waals surface area contributed by atoms with E-state index in [0.29, 0.717) is 11.6 Å². The number of carbonyl (C=O) groups is 2. The SMILES string of the molecule is CC(NC(=O)NCCC1CCCO1)c1nc(C(=O)O)cs1. The van der Waals surface area contributed by atoms with E-state index in [1.807, 2.05) is 0 Å². The smallest absolute Gasteiger partial charge is 0.355 e. The number of carboxylic acids is 1. The van der Waals surface area contributed by atoms with Crippen LogP contribution in [0.15, 0.2) is 5.38 Å². The van der Waals surface area contributed by atoms with Gasteiger partial charge in [0.25, 0.3) is 0 Å². The van der Waals surface area contributed by atoms with Crippen LogP contribution in [0.3, 0.4) is 0 Å². The predicted octanol–water partition coefficient (Wildman–Crippen LogP) is 1.77. The van der Waals surface area contributed by atoms with Gasteiger partial charge in [-0.05, 0) is 26.2 Å². The number of amides is 2. The first-order valence-electron chi connectivity index (χ1n) is 6.91. The lowest BCUT2D eigenvalue weighted by Gasteiger charge is -2.13. The Bertz CT molecular complexity index is 499. The maximum absolute atomic E-state index is 11.7. The maximum atomic E-state index is 11.7. The molecule has 2 unspecified atom stereocenters. The summed E-state index contributed by atoms with van der Waals surface area (Å²) >= 11 is 1.22. The monoisotopic (exact) mass is 313 g/mol. The van der Waals surface area contributed by atoms with Crippen LogP contribution in [0.25, 0.3) is 0 Å². The van der Waals surface area contributed by atoms with Crippen LogP contribution in [-0.2, 0) is 4.74 Å². The van der Waals surface area contributed by atoms with Gasteiger partial charge in [-0.15, -0.1) is 11.3 Å². The third kappa shape index (κ3) is 4.68. The largest absolute Gasteiger partial charge is 0.476 e. The number of ether oxygens (including phenoxy) is 1. The standard InChI is InChI=1S/C13H19N3O4S/c1-8(11-16-10(7-21-11)12(17)18)15-13(19)14-5-4-9-3-2-6-20-9/h7-9H,2-6H2,1H3,(H,17,18)(H2,14,15,19). The van der Waals surface area contributed by atoms with E-state index in [-0.39, 0.29) is 23.9 Å². The molecule has 0 bridgehead atoms. The van der Waals surface area contributed by atoms with Gasteiger partial charge < -0.3 is 20.5 Å². The number of nitrogens with one attached hydrogen (secondary N) is 2. The van der Waals surface area contributed by atoms with E-state index < -0.39 is 5.97 Å². The molecule has 0 saturated carbocycles. The second-order valence-corrected chi connectivity index (χ2v) is 5.81. The van der Waals surface area contributed by atoms with E-state index in [1.165, 1.54) is 16.7 Å². The van der Waals surface area contributed by atoms with Crippen molar-refractivity contribution in [2.24, 2.45) is 0 Å². The summed E-state index contributed by atoms with van der Waals surface area (Å²) in [5, 5.41) is 16.4. The van der Waals surface area contributed by atoms with Crippen molar-refractivity contribution in [2.75, 3.05) is 13.2 Å². The summed E-state index contributed by atoms with van der Waals surface area (Å²) < 4.78 is 5.47. The highest BCUT2D eigenvalue weighted by molar-refractivity contribution is 7.09. The topological polar surface area (TPSA) is 101 Å². The molecule has 1 aliphatic heterocycles. The lowest BCUT2D eigenvalue weighted by Crippen LogP contribution is -2.38. The molecule has 1 fully saturated rings. The van der Waals surface area contributed by atoms with Gasteiger partial charge in [-0.2, -0.15) is 0 Å². The average molecular weight is 313 g/mol. The number of hydrogen-bond donors (Lipinski definition) is 3. The van der Waals surface area contributed by atoms with Crippen LogP contribution >= 0.6 is 11.3 Å². The molecule has 2 rings (SSSR count). The van der Waals surface area contributed by atoms with Gasteiger partial charge in [0, 0.05) is 18.5 Å². The predicted molar refractivity (Wildman–Crippen MR) is 77.6 cm³/mol. The number of urea groups is 1. The Morgan fingerprint density at radius 2 is 2.43 bits per heavy atom. The fraction of sp³-hybridized carbons (Fsp3) is 0.615. The molecular weight excluding hydrogens is 294 g/mol. The zero-order valence-corrected chi connectivity index (χ0v) is 12.6. The van der Waals surface area contributed by atoms with E-state index in [2.05, 4.69) is 15.6 Å². The third-order valence-corrected chi connectivity index (χ3v) is 4.26. The van der Waals surface area contributed by atoms with Gasteiger partial charge in [0.15, 0.2) is 5.69 Å². The fourth-order valence-electron chi connectivity index (χ4n) is 2.11. The van der Waals surface area contributed by atoms with Crippen LogP contribution in [0, 0.1) is 0 Å². The highest BCUT2D eigenvalue weighted by atomic mass is 32.1. The molecule has 0 aliphatic carbocycles. The molecule has 21 heavy (non-hydrogen) atoms. The first-order chi connectivity index (χ1) is 10.1. The van der Waals surface area contributed by atoms with Crippen LogP contribution in [0.4, 0.5) is 4.79 Å². The fourth-order valence-corrected chi connectivity index (χ4v) is 2.91. The van der Waals surface area contributed by atoms with Crippen molar-refractivity contribution in [3.63, 3.8) is 0 Å². The van der Waals surface area contributed by atoms with Gasteiger partial charge in [0.1, 0.15) is 5.01 Å². The zero-order chi connectivity index (χ0) is 15.2. The van der Waals surface area contributed by atoms with Gasteiger partial charge in [-0.3, -0.25) is 0 Å². The van der Waals surface area contributed by atoms with E-state index in [1.54, 1.807) is 6.92 Å². The van der Waals surface area contributed by atoms with Crippen LogP contribution in [0.2, 0.25) is 0 Å². The summed E-state index contributed by atoms with van der Waals surface area (Å²) in [6, 6.07) is -0.613. The van der Waals surface area contributed by atoms with Crippen LogP contribution < -0.4 is 10.6 Å². The summed E-state index contributed by atoms with van der Waals surface area (Å²) in [5.41, 5.74) is 0.00226. The number of nitrogens with zero attached hydrogens (tertiary/aromatic N) is 1. The van der Waals surface area contributed by atoms with Gasteiger partial charge >= 0.3 is 12.0 Å². The van der Waals surface area contributed by atoms with E-state index in [4.69, 9.17) is 9.84 Å². The van der Waals surface area contributed by atoms with Crippen molar-refractivity contribution in [1.82, 2.24) is 15.6 Å². The Hall–Kier alpha value is -1.67. The van der Waals surface area contributed by atoms with Gasteiger partial charge in [0.05, 0.1) is 12.1 Å². The molecule has 1 aromatic heterocycles. The van der Waals surface area contributed by atoms with Gasteiger partial charge in [-0.1, -0.05) is 0 Å². The second-order valence-electron chi connectivity index (χ2n) is 4.92. The summed E-state index contributed by atoms with van der Waals surface area (Å²) in [7, 11) is 0. The molecular formula is C13H19N3O4S. The molecule has 2 amide bonds. The Morgan fingerprint density at radius 3 is 3.05 bits per heavy atom. The number of aromatic carboxylic acids is 1. The van der Waals surface area contributed by atoms with Crippen molar-refractivity contribution in [3.8, 4) is 0 Å². The highest BCUT2D eigenvalue weighted by Gasteiger charge is 2.17. The van der Waals surface area contributed by atoms with Crippen LogP contribution in [-0.4, -0.2) is 41.3 Å². The third-order valence-electron chi connectivity index (χ3n) is 3.23. The Balaban J connectivity index is 1.71. The Labute approximate surface area is 126 Å². The molecule has 0 aromatic carbocycles. The lowest BCUT2D eigenvalue weighted by molar-refractivity contribution is 0.0691. The molecule has 7 nitrogen and oxygen atoms in total. The average Bonchev–Trinajstić information content (AvgIpc) is 3.09. The molecule has 0 radical (unpaired) electrons. The van der Waals surface area contributed by atoms with E-state index >= 15 is 0 Å². The first kappa shape index (κ1) is 15.7. The van der Waals surface area contributed by atoms with Gasteiger partial charge in [-0.25, -0.2) is 14.6 Å². The number of thiazole rings is 1. The Kier molecular flexibility index (Phi) is 5.51. The van der Waals surface area contributed by atoms with Crippen molar-refractivity contribution in [2.45, 2.75) is 38.3 Å². The number of carbonyl (C=O) groups excluding carboxylic acids is 1. The minimum Gasteiger partial charge on any atom is -0.476 e. The number of hydrogen-bond acceptors (Lipinski definition) is 5. The molecule has 1 saturated heterocycles. The van der Waals surface area contributed by atoms with Crippen LogP contribution in [0.5, 0.6) is 0 Å². The van der Waals surface area contributed by atoms with E-state index in [9.17, 15) is 9.59 Å². The van der Waals surface area contributed by atoms with Crippen molar-refractivity contribution < 1.29 is 19.4 Å². The molecule has 3 N–H and O–H groups in total. The summed E-state index contributed by atoms with van der Waals surface area (Å²) in [6.45, 7) is 3.13. The molecule has 8 heteroatoms. The summed E-state index contributed by atoms with van der Waals surface area (Å²) in [5.74, 6) is -1.06. The molecule has 0 spiro atoms. The minimum absolute atomic E-state index is 0.00226. The van der Waals surface area contributed by atoms with Crippen molar-refractivity contribution in [3.05, 3.63) is 16.1 Å². The first-order valence-corrected chi connectivity index (χ1v) is 7.79. The number of carboxylic acid groups (broad SMARTS) is 1. The molecule has 116 valence electrons. The van der Waals surface area contributed by atoms with Gasteiger partial charge in [0.2, 0.25) is 0 Å². The quantitative estimate of drug-likeness (QED) is 0.743. The summed E-state index contributed by atoms with van der Waals surface area (Å²) in [4.78, 5) is 26.5. The van der Waals surface area contributed by atoms with Crippen molar-refractivity contribution >= 4 is 23.3 Å². The summed E-state index contributed by atoms with van der Waals surface area (Å²) in [6.07, 6.45) is 3.20. The molecule has 2 atom stereocenters. The maximum Gasteiger partial charge on any atom is 0.355 e. The molecule has 2 heterocycles. The number of aromatic nitrogens is 1.